The van der Waals surface area contributed by atoms with Crippen molar-refractivity contribution in [3.05, 3.63) is 64.7 Å². The molecule has 0 aromatic heterocycles. The number of carbonyl (C=O) groups excluding carboxylic acids is 2. The molecule has 148 valence electrons. The lowest BCUT2D eigenvalue weighted by atomic mass is 10.2. The van der Waals surface area contributed by atoms with E-state index in [-0.39, 0.29) is 0 Å². The SMILES string of the molecule is COCCCNC(=O)C(=O)N/N=C\c1ccccc1OCc1cccc(Cl)c1. The zero-order chi connectivity index (χ0) is 20.2. The van der Waals surface area contributed by atoms with Crippen molar-refractivity contribution in [1.82, 2.24) is 10.7 Å². The minimum Gasteiger partial charge on any atom is -0.488 e. The highest BCUT2D eigenvalue weighted by atomic mass is 35.5. The molecule has 2 rings (SSSR count). The third-order valence-electron chi connectivity index (χ3n) is 3.59. The van der Waals surface area contributed by atoms with Crippen LogP contribution in [0.2, 0.25) is 5.02 Å². The molecule has 0 atom stereocenters. The van der Waals surface area contributed by atoms with Crippen molar-refractivity contribution in [3.8, 4) is 5.75 Å². The van der Waals surface area contributed by atoms with E-state index in [0.29, 0.717) is 42.5 Å². The number of halogens is 1. The van der Waals surface area contributed by atoms with Crippen molar-refractivity contribution in [3.63, 3.8) is 0 Å². The zero-order valence-electron chi connectivity index (χ0n) is 15.5. The van der Waals surface area contributed by atoms with Crippen LogP contribution in [0.15, 0.2) is 53.6 Å². The van der Waals surface area contributed by atoms with Crippen LogP contribution in [0.5, 0.6) is 5.75 Å². The number of methoxy groups -OCH3 is 1. The number of nitrogens with zero attached hydrogens (tertiary/aromatic N) is 1. The van der Waals surface area contributed by atoms with Crippen LogP contribution in [0.25, 0.3) is 0 Å². The Hall–Kier alpha value is -2.90. The molecule has 0 saturated carbocycles. The van der Waals surface area contributed by atoms with Crippen molar-refractivity contribution < 1.29 is 19.1 Å². The van der Waals surface area contributed by atoms with E-state index in [1.54, 1.807) is 25.3 Å². The molecule has 0 aliphatic rings. The van der Waals surface area contributed by atoms with Gasteiger partial charge in [-0.2, -0.15) is 5.10 Å². The summed E-state index contributed by atoms with van der Waals surface area (Å²) >= 11 is 5.97. The van der Waals surface area contributed by atoms with Gasteiger partial charge in [0.1, 0.15) is 12.4 Å². The maximum Gasteiger partial charge on any atom is 0.329 e. The van der Waals surface area contributed by atoms with Crippen LogP contribution >= 0.6 is 11.6 Å². The van der Waals surface area contributed by atoms with E-state index in [9.17, 15) is 9.59 Å². The molecule has 2 amide bonds. The Morgan fingerprint density at radius 1 is 1.14 bits per heavy atom. The average Bonchev–Trinajstić information content (AvgIpc) is 2.70. The lowest BCUT2D eigenvalue weighted by Gasteiger charge is -2.09. The minimum absolute atomic E-state index is 0.335. The van der Waals surface area contributed by atoms with Gasteiger partial charge in [0.2, 0.25) is 0 Å². The van der Waals surface area contributed by atoms with Crippen molar-refractivity contribution in [2.75, 3.05) is 20.3 Å². The van der Waals surface area contributed by atoms with Gasteiger partial charge in [0.15, 0.2) is 0 Å². The fourth-order valence-corrected chi connectivity index (χ4v) is 2.43. The van der Waals surface area contributed by atoms with Crippen LogP contribution in [-0.2, 0) is 20.9 Å². The van der Waals surface area contributed by atoms with Crippen LogP contribution in [0.4, 0.5) is 0 Å². The maximum absolute atomic E-state index is 11.7. The van der Waals surface area contributed by atoms with E-state index in [1.807, 2.05) is 30.3 Å². The van der Waals surface area contributed by atoms with Gasteiger partial charge in [0.25, 0.3) is 0 Å². The van der Waals surface area contributed by atoms with E-state index < -0.39 is 11.8 Å². The number of nitrogens with one attached hydrogen (secondary N) is 2. The number of rotatable bonds is 9. The predicted octanol–water partition coefficient (Wildman–Crippen LogP) is 2.52. The van der Waals surface area contributed by atoms with Crippen molar-refractivity contribution in [1.29, 1.82) is 0 Å². The van der Waals surface area contributed by atoms with E-state index >= 15 is 0 Å². The monoisotopic (exact) mass is 403 g/mol. The Morgan fingerprint density at radius 2 is 1.96 bits per heavy atom. The summed E-state index contributed by atoms with van der Waals surface area (Å²) in [6, 6.07) is 14.6. The van der Waals surface area contributed by atoms with Crippen LogP contribution in [0.3, 0.4) is 0 Å². The predicted molar refractivity (Wildman–Crippen MR) is 107 cm³/mol. The third kappa shape index (κ3) is 7.38. The maximum atomic E-state index is 11.7. The Kier molecular flexibility index (Phi) is 8.97. The highest BCUT2D eigenvalue weighted by Crippen LogP contribution is 2.18. The molecule has 0 bridgehead atoms. The van der Waals surface area contributed by atoms with Gasteiger partial charge < -0.3 is 14.8 Å². The zero-order valence-corrected chi connectivity index (χ0v) is 16.2. The average molecular weight is 404 g/mol. The highest BCUT2D eigenvalue weighted by molar-refractivity contribution is 6.35. The van der Waals surface area contributed by atoms with Gasteiger partial charge in [0.05, 0.1) is 6.21 Å². The standard InChI is InChI=1S/C20H22ClN3O4/c1-27-11-5-10-22-19(25)20(26)24-23-13-16-7-2-3-9-18(16)28-14-15-6-4-8-17(21)12-15/h2-4,6-9,12-13H,5,10-11,14H2,1H3,(H,22,25)(H,24,26)/b23-13-. The van der Waals surface area contributed by atoms with Gasteiger partial charge in [-0.3, -0.25) is 9.59 Å². The molecule has 0 unspecified atom stereocenters. The normalized spacial score (nSPS) is 10.6. The first-order chi connectivity index (χ1) is 13.6. The summed E-state index contributed by atoms with van der Waals surface area (Å²) in [4.78, 5) is 23.3. The second-order valence-corrected chi connectivity index (χ2v) is 6.19. The summed E-state index contributed by atoms with van der Waals surface area (Å²) in [6.45, 7) is 1.19. The third-order valence-corrected chi connectivity index (χ3v) is 3.82. The van der Waals surface area contributed by atoms with E-state index in [4.69, 9.17) is 21.1 Å². The summed E-state index contributed by atoms with van der Waals surface area (Å²) in [7, 11) is 1.57. The topological polar surface area (TPSA) is 89.0 Å². The molecule has 0 aliphatic carbocycles. The van der Waals surface area contributed by atoms with Crippen LogP contribution < -0.4 is 15.5 Å². The smallest absolute Gasteiger partial charge is 0.329 e. The van der Waals surface area contributed by atoms with Gasteiger partial charge in [-0.25, -0.2) is 5.43 Å². The van der Waals surface area contributed by atoms with Crippen molar-refractivity contribution in [2.24, 2.45) is 5.10 Å². The molecule has 2 aromatic carbocycles. The lowest BCUT2D eigenvalue weighted by Crippen LogP contribution is -2.38. The van der Waals surface area contributed by atoms with Gasteiger partial charge in [-0.05, 0) is 36.2 Å². The summed E-state index contributed by atoms with van der Waals surface area (Å²) in [5.74, 6) is -1.01. The fraction of sp³-hybridized carbons (Fsp3) is 0.250. The largest absolute Gasteiger partial charge is 0.488 e. The van der Waals surface area contributed by atoms with Crippen LogP contribution in [-0.4, -0.2) is 38.3 Å². The number of benzene rings is 2. The number of amides is 2. The number of hydrazone groups is 1. The lowest BCUT2D eigenvalue weighted by molar-refractivity contribution is -0.139. The molecule has 2 N–H and O–H groups in total. The molecule has 0 spiro atoms. The van der Waals surface area contributed by atoms with Gasteiger partial charge in [-0.15, -0.1) is 0 Å². The fourth-order valence-electron chi connectivity index (χ4n) is 2.22. The van der Waals surface area contributed by atoms with Gasteiger partial charge in [0, 0.05) is 30.8 Å². The summed E-state index contributed by atoms with van der Waals surface area (Å²) in [5, 5.41) is 6.94. The van der Waals surface area contributed by atoms with E-state index in [0.717, 1.165) is 5.56 Å². The van der Waals surface area contributed by atoms with Crippen molar-refractivity contribution >= 4 is 29.6 Å². The van der Waals surface area contributed by atoms with E-state index in [2.05, 4.69) is 15.8 Å². The summed E-state index contributed by atoms with van der Waals surface area (Å²) in [6.07, 6.45) is 2.04. The molecule has 0 saturated heterocycles. The number of carbonyl (C=O) groups is 2. The number of hydrogen-bond acceptors (Lipinski definition) is 5. The first kappa shape index (κ1) is 21.4. The van der Waals surface area contributed by atoms with E-state index in [1.165, 1.54) is 6.21 Å². The molecule has 0 radical (unpaired) electrons. The molecule has 0 heterocycles. The molecular formula is C20H22ClN3O4. The minimum atomic E-state index is -0.842. The number of para-hydroxylation sites is 1. The van der Waals surface area contributed by atoms with Gasteiger partial charge >= 0.3 is 11.8 Å². The first-order valence-electron chi connectivity index (χ1n) is 8.66. The second-order valence-electron chi connectivity index (χ2n) is 5.76. The van der Waals surface area contributed by atoms with Crippen LogP contribution in [0.1, 0.15) is 17.5 Å². The second kappa shape index (κ2) is 11.7. The quantitative estimate of drug-likeness (QED) is 0.291. The first-order valence-corrected chi connectivity index (χ1v) is 9.04. The molecule has 7 nitrogen and oxygen atoms in total. The van der Waals surface area contributed by atoms with Gasteiger partial charge in [-0.1, -0.05) is 35.9 Å². The summed E-state index contributed by atoms with van der Waals surface area (Å²) in [5.41, 5.74) is 3.78. The Bertz CT molecular complexity index is 827. The van der Waals surface area contributed by atoms with Crippen LogP contribution in [0, 0.1) is 0 Å². The molecule has 0 fully saturated rings. The Labute approximate surface area is 168 Å². The molecular weight excluding hydrogens is 382 g/mol. The molecule has 8 heteroatoms. The molecule has 0 aliphatic heterocycles. The Morgan fingerprint density at radius 3 is 2.75 bits per heavy atom. The summed E-state index contributed by atoms with van der Waals surface area (Å²) < 4.78 is 10.7. The molecule has 28 heavy (non-hydrogen) atoms. The number of ether oxygens (including phenoxy) is 2. The highest BCUT2D eigenvalue weighted by Gasteiger charge is 2.11. The molecule has 2 aromatic rings. The Balaban J connectivity index is 1.88. The number of hydrogen-bond donors (Lipinski definition) is 2. The van der Waals surface area contributed by atoms with Crippen molar-refractivity contribution in [2.45, 2.75) is 13.0 Å².